The second kappa shape index (κ2) is 11.1. The minimum Gasteiger partial charge on any atom is -0.458 e. The molecular formula is C27H33FN2O5. The summed E-state index contributed by atoms with van der Waals surface area (Å²) in [4.78, 5) is 29.6. The number of aliphatic hydroxyl groups is 2. The third-order valence-corrected chi connectivity index (χ3v) is 6.19. The molecule has 0 saturated heterocycles. The molecule has 35 heavy (non-hydrogen) atoms. The number of rotatable bonds is 4. The van der Waals surface area contributed by atoms with Crippen molar-refractivity contribution in [2.45, 2.75) is 73.1 Å². The van der Waals surface area contributed by atoms with Crippen molar-refractivity contribution in [2.75, 3.05) is 6.61 Å². The first kappa shape index (κ1) is 26.5. The summed E-state index contributed by atoms with van der Waals surface area (Å²) in [5, 5.41) is 20.3. The van der Waals surface area contributed by atoms with Gasteiger partial charge < -0.3 is 19.5 Å². The van der Waals surface area contributed by atoms with E-state index in [1.165, 1.54) is 6.07 Å². The number of carbonyl (C=O) groups excluding carboxylic acids is 1. The molecule has 2 aliphatic heterocycles. The van der Waals surface area contributed by atoms with Gasteiger partial charge in [-0.15, -0.1) is 0 Å². The third-order valence-electron chi connectivity index (χ3n) is 6.19. The fourth-order valence-electron chi connectivity index (χ4n) is 4.54. The van der Waals surface area contributed by atoms with E-state index >= 15 is 0 Å². The highest BCUT2D eigenvalue weighted by atomic mass is 19.1. The smallest absolute Gasteiger partial charge is 0.340 e. The Morgan fingerprint density at radius 2 is 1.83 bits per heavy atom. The maximum absolute atomic E-state index is 14.3. The molecule has 0 aliphatic carbocycles. The van der Waals surface area contributed by atoms with Gasteiger partial charge in [0, 0.05) is 29.2 Å². The summed E-state index contributed by atoms with van der Waals surface area (Å²) in [7, 11) is 0. The zero-order valence-electron chi connectivity index (χ0n) is 20.9. The lowest BCUT2D eigenvalue weighted by Gasteiger charge is -2.21. The van der Waals surface area contributed by atoms with Crippen LogP contribution in [0.15, 0.2) is 23.0 Å². The molecule has 0 spiro atoms. The van der Waals surface area contributed by atoms with Gasteiger partial charge in [-0.3, -0.25) is 4.79 Å². The molecule has 1 unspecified atom stereocenters. The van der Waals surface area contributed by atoms with Gasteiger partial charge >= 0.3 is 5.97 Å². The SMILES string of the molecule is CC.CC.Cc1cc2c(CCCCO)c3c(nc2cc1F)-c1cc2c(c(=O)n1C3)COC(=O)C2O. The number of carbonyl (C=O) groups is 1. The molecule has 7 nitrogen and oxygen atoms in total. The monoisotopic (exact) mass is 484 g/mol. The standard InChI is InChI=1S/C23H21FN2O5.2C2H6/c1-11-6-13-12(4-2-3-5-27)15-9-26-19(20(15)25-18(13)8-17(11)24)7-14-16(22(26)29)10-31-23(30)21(14)28;2*1-2/h6-8,21,27-28H,2-5,9-10H2,1H3;2*1-2H3. The minimum absolute atomic E-state index is 0.0805. The predicted octanol–water partition coefficient (Wildman–Crippen LogP) is 4.33. The molecule has 0 saturated carbocycles. The molecule has 2 N–H and O–H groups in total. The maximum Gasteiger partial charge on any atom is 0.340 e. The lowest BCUT2D eigenvalue weighted by molar-refractivity contribution is -0.157. The number of fused-ring (bicyclic) bond motifs is 5. The van der Waals surface area contributed by atoms with Crippen molar-refractivity contribution in [3.05, 3.63) is 62.2 Å². The van der Waals surface area contributed by atoms with Crippen molar-refractivity contribution in [1.29, 1.82) is 0 Å². The molecule has 1 atom stereocenters. The minimum atomic E-state index is -1.52. The lowest BCUT2D eigenvalue weighted by atomic mass is 9.94. The van der Waals surface area contributed by atoms with Gasteiger partial charge in [0.1, 0.15) is 12.4 Å². The number of hydrogen-bond donors (Lipinski definition) is 2. The molecule has 5 rings (SSSR count). The quantitative estimate of drug-likeness (QED) is 0.330. The average Bonchev–Trinajstić information content (AvgIpc) is 3.24. The van der Waals surface area contributed by atoms with E-state index in [-0.39, 0.29) is 35.7 Å². The van der Waals surface area contributed by atoms with E-state index in [1.807, 2.05) is 27.7 Å². The van der Waals surface area contributed by atoms with Crippen molar-refractivity contribution in [1.82, 2.24) is 9.55 Å². The van der Waals surface area contributed by atoms with E-state index in [1.54, 1.807) is 23.6 Å². The van der Waals surface area contributed by atoms with E-state index in [2.05, 4.69) is 4.98 Å². The van der Waals surface area contributed by atoms with Crippen LogP contribution in [0.1, 0.15) is 74.5 Å². The van der Waals surface area contributed by atoms with Crippen molar-refractivity contribution in [3.8, 4) is 11.4 Å². The first-order valence-electron chi connectivity index (χ1n) is 12.2. The topological polar surface area (TPSA) is 102 Å². The first-order valence-corrected chi connectivity index (χ1v) is 12.2. The number of aliphatic hydroxyl groups excluding tert-OH is 2. The summed E-state index contributed by atoms with van der Waals surface area (Å²) >= 11 is 0. The number of cyclic esters (lactones) is 1. The summed E-state index contributed by atoms with van der Waals surface area (Å²) in [5.74, 6) is -1.15. The Morgan fingerprint density at radius 3 is 2.51 bits per heavy atom. The lowest BCUT2D eigenvalue weighted by Crippen LogP contribution is -2.32. The normalized spacial score (nSPS) is 15.2. The molecule has 2 aromatic heterocycles. The first-order chi connectivity index (χ1) is 16.9. The van der Waals surface area contributed by atoms with Crippen LogP contribution in [0.5, 0.6) is 0 Å². The number of unbranched alkanes of at least 4 members (excludes halogenated alkanes) is 1. The predicted molar refractivity (Wildman–Crippen MR) is 133 cm³/mol. The van der Waals surface area contributed by atoms with E-state index in [4.69, 9.17) is 4.74 Å². The Hall–Kier alpha value is -3.10. The van der Waals surface area contributed by atoms with Crippen LogP contribution < -0.4 is 5.56 Å². The van der Waals surface area contributed by atoms with Crippen LogP contribution in [0.2, 0.25) is 0 Å². The highest BCUT2D eigenvalue weighted by Gasteiger charge is 2.34. The van der Waals surface area contributed by atoms with Crippen LogP contribution in [0.25, 0.3) is 22.3 Å². The fourth-order valence-corrected chi connectivity index (χ4v) is 4.54. The van der Waals surface area contributed by atoms with Crippen LogP contribution in [-0.2, 0) is 29.1 Å². The summed E-state index contributed by atoms with van der Waals surface area (Å²) < 4.78 is 20.8. The Kier molecular flexibility index (Phi) is 8.40. The molecule has 3 aromatic rings. The van der Waals surface area contributed by atoms with Crippen LogP contribution in [0.3, 0.4) is 0 Å². The molecule has 0 fully saturated rings. The highest BCUT2D eigenvalue weighted by Crippen LogP contribution is 2.38. The van der Waals surface area contributed by atoms with Gasteiger partial charge in [0.05, 0.1) is 29.0 Å². The summed E-state index contributed by atoms with van der Waals surface area (Å²) in [5.41, 5.74) is 4.07. The second-order valence-corrected chi connectivity index (χ2v) is 8.08. The second-order valence-electron chi connectivity index (χ2n) is 8.08. The van der Waals surface area contributed by atoms with Gasteiger partial charge in [-0.05, 0) is 49.4 Å². The zero-order valence-corrected chi connectivity index (χ0v) is 20.9. The molecule has 188 valence electrons. The number of nitrogens with zero attached hydrogens (tertiary/aromatic N) is 2. The molecule has 0 amide bonds. The van der Waals surface area contributed by atoms with Crippen LogP contribution in [-0.4, -0.2) is 32.3 Å². The van der Waals surface area contributed by atoms with Crippen LogP contribution in [0.4, 0.5) is 4.39 Å². The summed E-state index contributed by atoms with van der Waals surface area (Å²) in [6, 6.07) is 4.79. The summed E-state index contributed by atoms with van der Waals surface area (Å²) in [6.07, 6.45) is 0.503. The number of halogens is 1. The van der Waals surface area contributed by atoms with Gasteiger partial charge in [-0.1, -0.05) is 27.7 Å². The molecule has 1 aromatic carbocycles. The van der Waals surface area contributed by atoms with Crippen molar-refractivity contribution in [3.63, 3.8) is 0 Å². The van der Waals surface area contributed by atoms with E-state index < -0.39 is 12.1 Å². The van der Waals surface area contributed by atoms with Gasteiger partial charge in [0.2, 0.25) is 0 Å². The Bertz CT molecular complexity index is 1320. The number of aryl methyl sites for hydroxylation is 2. The largest absolute Gasteiger partial charge is 0.458 e. The van der Waals surface area contributed by atoms with Gasteiger partial charge in [-0.25, -0.2) is 14.2 Å². The third kappa shape index (κ3) is 4.60. The molecule has 2 aliphatic rings. The van der Waals surface area contributed by atoms with E-state index in [9.17, 15) is 24.2 Å². The number of esters is 1. The van der Waals surface area contributed by atoms with Crippen molar-refractivity contribution < 1.29 is 24.1 Å². The zero-order chi connectivity index (χ0) is 25.9. The van der Waals surface area contributed by atoms with E-state index in [0.29, 0.717) is 41.9 Å². The van der Waals surface area contributed by atoms with Crippen molar-refractivity contribution >= 4 is 16.9 Å². The number of benzene rings is 1. The molecular weight excluding hydrogens is 451 g/mol. The molecule has 4 heterocycles. The van der Waals surface area contributed by atoms with Gasteiger partial charge in [0.15, 0.2) is 6.10 Å². The van der Waals surface area contributed by atoms with E-state index in [0.717, 1.165) is 22.9 Å². The number of pyridine rings is 2. The number of aromatic nitrogens is 2. The molecule has 0 bridgehead atoms. The Balaban J connectivity index is 0.000000815. The van der Waals surface area contributed by atoms with Crippen LogP contribution in [0, 0.1) is 12.7 Å². The number of ether oxygens (including phenoxy) is 1. The van der Waals surface area contributed by atoms with Gasteiger partial charge in [0.25, 0.3) is 5.56 Å². The number of hydrogen-bond acceptors (Lipinski definition) is 6. The maximum atomic E-state index is 14.3. The summed E-state index contributed by atoms with van der Waals surface area (Å²) in [6.45, 7) is 9.90. The fraction of sp³-hybridized carbons (Fsp3) is 0.444. The average molecular weight is 485 g/mol. The Morgan fingerprint density at radius 1 is 1.11 bits per heavy atom. The Labute approximate surface area is 204 Å². The molecule has 0 radical (unpaired) electrons. The van der Waals surface area contributed by atoms with Crippen molar-refractivity contribution in [2.24, 2.45) is 0 Å². The van der Waals surface area contributed by atoms with Gasteiger partial charge in [-0.2, -0.15) is 0 Å². The highest BCUT2D eigenvalue weighted by molar-refractivity contribution is 5.89. The van der Waals surface area contributed by atoms with Crippen LogP contribution >= 0.6 is 0 Å². The molecule has 8 heteroatoms.